The van der Waals surface area contributed by atoms with E-state index in [-0.39, 0.29) is 42.8 Å². The molecule has 9 heteroatoms. The number of aliphatic hydroxyl groups excluding tert-OH is 1. The van der Waals surface area contributed by atoms with Crippen LogP contribution in [-0.2, 0) is 19.1 Å². The Kier molecular flexibility index (Phi) is 9.80. The van der Waals surface area contributed by atoms with Gasteiger partial charge in [-0.2, -0.15) is 0 Å². The molecular formula is C36H51N3O6. The molecule has 4 aliphatic rings. The minimum Gasteiger partial charge on any atom is -0.494 e. The molecule has 3 saturated heterocycles. The third-order valence-corrected chi connectivity index (χ3v) is 11.0. The van der Waals surface area contributed by atoms with E-state index in [1.54, 1.807) is 22.0 Å². The fraction of sp³-hybridized carbons (Fsp3) is 0.639. The predicted octanol–water partition coefficient (Wildman–Crippen LogP) is 4.73. The maximum Gasteiger partial charge on any atom is 0.248 e. The van der Waals surface area contributed by atoms with Gasteiger partial charge in [-0.3, -0.25) is 14.4 Å². The number of carbonyl (C=O) groups is 3. The van der Waals surface area contributed by atoms with Crippen molar-refractivity contribution in [2.24, 2.45) is 17.8 Å². The summed E-state index contributed by atoms with van der Waals surface area (Å²) >= 11 is 0. The van der Waals surface area contributed by atoms with Gasteiger partial charge in [0, 0.05) is 24.8 Å². The molecule has 5 rings (SSSR count). The molecule has 3 amide bonds. The highest BCUT2D eigenvalue weighted by Crippen LogP contribution is 2.66. The van der Waals surface area contributed by atoms with Crippen LogP contribution in [0.15, 0.2) is 49.6 Å². The number of hydrogen-bond donors (Lipinski definition) is 1. The second-order valence-electron chi connectivity index (χ2n) is 13.4. The fourth-order valence-electron chi connectivity index (χ4n) is 8.76. The minimum atomic E-state index is -1.18. The predicted molar refractivity (Wildman–Crippen MR) is 174 cm³/mol. The number of fused-ring (bicyclic) bond motifs is 1. The Hall–Kier alpha value is -3.17. The van der Waals surface area contributed by atoms with Crippen LogP contribution >= 0.6 is 0 Å². The highest BCUT2D eigenvalue weighted by atomic mass is 16.5. The van der Waals surface area contributed by atoms with Crippen LogP contribution in [0.1, 0.15) is 72.6 Å². The van der Waals surface area contributed by atoms with Gasteiger partial charge in [0.15, 0.2) is 0 Å². The number of carbonyl (C=O) groups excluding carboxylic acids is 3. The van der Waals surface area contributed by atoms with Crippen molar-refractivity contribution in [2.45, 2.75) is 102 Å². The van der Waals surface area contributed by atoms with Crippen molar-refractivity contribution in [3.05, 3.63) is 49.6 Å². The summed E-state index contributed by atoms with van der Waals surface area (Å²) in [5.41, 5.74) is -1.47. The molecule has 246 valence electrons. The molecule has 4 fully saturated rings. The zero-order chi connectivity index (χ0) is 32.5. The number of aliphatic hydroxyl groups is 1. The molecule has 1 aliphatic carbocycles. The van der Waals surface area contributed by atoms with Crippen LogP contribution in [0, 0.1) is 17.8 Å². The first-order valence-electron chi connectivity index (χ1n) is 16.8. The van der Waals surface area contributed by atoms with E-state index in [0.29, 0.717) is 37.4 Å². The number of anilines is 1. The molecule has 45 heavy (non-hydrogen) atoms. The van der Waals surface area contributed by atoms with Gasteiger partial charge >= 0.3 is 0 Å². The van der Waals surface area contributed by atoms with E-state index in [9.17, 15) is 19.5 Å². The first-order chi connectivity index (χ1) is 21.6. The number of likely N-dealkylation sites (tertiary alicyclic amines) is 1. The smallest absolute Gasteiger partial charge is 0.248 e. The lowest BCUT2D eigenvalue weighted by atomic mass is 9.62. The largest absolute Gasteiger partial charge is 0.494 e. The van der Waals surface area contributed by atoms with Crippen molar-refractivity contribution in [1.82, 2.24) is 9.80 Å². The molecule has 3 heterocycles. The van der Waals surface area contributed by atoms with Crippen molar-refractivity contribution in [3.8, 4) is 5.75 Å². The highest BCUT2D eigenvalue weighted by molar-refractivity contribution is 6.03. The molecule has 7 atom stereocenters. The molecule has 1 N–H and O–H groups in total. The Morgan fingerprint density at radius 2 is 1.78 bits per heavy atom. The number of benzene rings is 1. The van der Waals surface area contributed by atoms with E-state index < -0.39 is 35.1 Å². The quantitative estimate of drug-likeness (QED) is 0.320. The summed E-state index contributed by atoms with van der Waals surface area (Å²) in [6.07, 6.45) is 9.43. The molecule has 1 spiro atoms. The Labute approximate surface area is 268 Å². The summed E-state index contributed by atoms with van der Waals surface area (Å²) in [7, 11) is 0. The Morgan fingerprint density at radius 3 is 2.36 bits per heavy atom. The molecule has 3 unspecified atom stereocenters. The first kappa shape index (κ1) is 33.2. The van der Waals surface area contributed by atoms with Gasteiger partial charge in [-0.25, -0.2) is 0 Å². The van der Waals surface area contributed by atoms with E-state index in [1.807, 2.05) is 49.9 Å². The Balaban J connectivity index is 1.59. The van der Waals surface area contributed by atoms with Crippen molar-refractivity contribution in [3.63, 3.8) is 0 Å². The van der Waals surface area contributed by atoms with E-state index in [1.165, 1.54) is 0 Å². The Bertz CT molecular complexity index is 1270. The van der Waals surface area contributed by atoms with Gasteiger partial charge in [-0.1, -0.05) is 45.3 Å². The summed E-state index contributed by atoms with van der Waals surface area (Å²) in [6.45, 7) is 16.5. The van der Waals surface area contributed by atoms with Crippen LogP contribution in [0.3, 0.4) is 0 Å². The van der Waals surface area contributed by atoms with Crippen LogP contribution in [-0.4, -0.2) is 88.3 Å². The average molecular weight is 622 g/mol. The molecule has 1 saturated carbocycles. The second kappa shape index (κ2) is 13.3. The lowest BCUT2D eigenvalue weighted by Crippen LogP contribution is -2.60. The van der Waals surface area contributed by atoms with E-state index in [4.69, 9.17) is 9.47 Å². The molecule has 9 nitrogen and oxygen atoms in total. The number of rotatable bonds is 13. The van der Waals surface area contributed by atoms with Crippen LogP contribution in [0.5, 0.6) is 5.75 Å². The maximum absolute atomic E-state index is 14.9. The maximum atomic E-state index is 14.9. The summed E-state index contributed by atoms with van der Waals surface area (Å²) in [5.74, 6) is -1.73. The van der Waals surface area contributed by atoms with Crippen molar-refractivity contribution < 1.29 is 29.0 Å². The van der Waals surface area contributed by atoms with Gasteiger partial charge in [0.25, 0.3) is 0 Å². The van der Waals surface area contributed by atoms with E-state index >= 15 is 0 Å². The summed E-state index contributed by atoms with van der Waals surface area (Å²) < 4.78 is 12.6. The average Bonchev–Trinajstić information content (AvgIpc) is 3.56. The lowest BCUT2D eigenvalue weighted by Gasteiger charge is -2.42. The Morgan fingerprint density at radius 1 is 1.11 bits per heavy atom. The van der Waals surface area contributed by atoms with Gasteiger partial charge in [-0.05, 0) is 69.7 Å². The molecular weight excluding hydrogens is 570 g/mol. The number of ether oxygens (including phenoxy) is 2. The number of amides is 3. The topological polar surface area (TPSA) is 99.6 Å². The fourth-order valence-corrected chi connectivity index (χ4v) is 8.76. The summed E-state index contributed by atoms with van der Waals surface area (Å²) in [6, 6.07) is 5.89. The van der Waals surface area contributed by atoms with Crippen molar-refractivity contribution in [2.75, 3.05) is 31.2 Å². The molecule has 0 radical (unpaired) electrons. The highest BCUT2D eigenvalue weighted by Gasteiger charge is 2.80. The van der Waals surface area contributed by atoms with Crippen molar-refractivity contribution >= 4 is 23.4 Å². The zero-order valence-corrected chi connectivity index (χ0v) is 27.5. The van der Waals surface area contributed by atoms with E-state index in [0.717, 1.165) is 32.1 Å². The van der Waals surface area contributed by atoms with E-state index in [2.05, 4.69) is 20.1 Å². The van der Waals surface area contributed by atoms with Gasteiger partial charge in [-0.15, -0.1) is 13.2 Å². The SMILES string of the molecule is C=CCN(C(=O)[C@@H]1[C@H]2C(=O)N([C@@H](CC)CO)C(C(=O)N(CC=C)C3CCCCC3)C23CC(C)[C@@]1(C)O3)c1ccc(OCC)cc1. The van der Waals surface area contributed by atoms with Crippen molar-refractivity contribution in [1.29, 1.82) is 0 Å². The minimum absolute atomic E-state index is 0.0534. The van der Waals surface area contributed by atoms with Crippen LogP contribution in [0.2, 0.25) is 0 Å². The lowest BCUT2D eigenvalue weighted by molar-refractivity contribution is -0.157. The van der Waals surface area contributed by atoms with Crippen LogP contribution in [0.25, 0.3) is 0 Å². The molecule has 1 aromatic carbocycles. The zero-order valence-electron chi connectivity index (χ0n) is 27.5. The van der Waals surface area contributed by atoms with Crippen LogP contribution in [0.4, 0.5) is 5.69 Å². The molecule has 2 bridgehead atoms. The standard InChI is InChI=1S/C36H51N3O6/c1-7-20-37(27-16-18-28(19-17-27)44-10-4)32(41)29-30-33(42)39(25(9-3)23-40)31(36(30)22-24(5)35(29,6)45-36)34(43)38(21-8-2)26-14-12-11-13-15-26/h7-8,16-19,24-26,29-31,40H,1-2,9-15,20-23H2,3-6H3/t24?,25-,29-,30-,31?,35+,36?/m0/s1. The monoisotopic (exact) mass is 621 g/mol. The summed E-state index contributed by atoms with van der Waals surface area (Å²) in [4.78, 5) is 49.6. The second-order valence-corrected chi connectivity index (χ2v) is 13.4. The molecule has 1 aromatic rings. The first-order valence-corrected chi connectivity index (χ1v) is 16.8. The van der Waals surface area contributed by atoms with Gasteiger partial charge in [0.1, 0.15) is 17.4 Å². The number of nitrogens with zero attached hydrogens (tertiary/aromatic N) is 3. The van der Waals surface area contributed by atoms with Crippen LogP contribution < -0.4 is 9.64 Å². The third kappa shape index (κ3) is 5.39. The molecule has 0 aromatic heterocycles. The summed E-state index contributed by atoms with van der Waals surface area (Å²) in [5, 5.41) is 10.5. The van der Waals surface area contributed by atoms with Gasteiger partial charge in [0.05, 0.1) is 36.7 Å². The normalized spacial score (nSPS) is 31.4. The number of hydrogen-bond acceptors (Lipinski definition) is 6. The van der Waals surface area contributed by atoms with Gasteiger partial charge in [0.2, 0.25) is 17.7 Å². The van der Waals surface area contributed by atoms with Gasteiger partial charge < -0.3 is 29.3 Å². The molecule has 3 aliphatic heterocycles. The third-order valence-electron chi connectivity index (χ3n) is 11.0.